The minimum Gasteiger partial charge on any atom is -0.491 e. The van der Waals surface area contributed by atoms with Gasteiger partial charge in [-0.3, -0.25) is 4.79 Å². The summed E-state index contributed by atoms with van der Waals surface area (Å²) >= 11 is 0. The molecule has 0 aliphatic carbocycles. The van der Waals surface area contributed by atoms with Crippen molar-refractivity contribution >= 4 is 16.9 Å². The van der Waals surface area contributed by atoms with E-state index >= 15 is 0 Å². The van der Waals surface area contributed by atoms with E-state index in [0.717, 1.165) is 11.0 Å². The first-order valence-corrected chi connectivity index (χ1v) is 10.3. The van der Waals surface area contributed by atoms with E-state index in [1.54, 1.807) is 18.5 Å². The number of likely N-dealkylation sites (tertiary alicyclic amines) is 1. The molecule has 6 nitrogen and oxygen atoms in total. The molecule has 2 aromatic carbocycles. The summed E-state index contributed by atoms with van der Waals surface area (Å²) in [6.07, 6.45) is 3.89. The smallest absolute Gasteiger partial charge is 0.224 e. The molecule has 1 fully saturated rings. The molecular formula is C23H26FN3O3. The van der Waals surface area contributed by atoms with E-state index in [2.05, 4.69) is 4.98 Å². The van der Waals surface area contributed by atoms with Crippen molar-refractivity contribution in [3.05, 3.63) is 60.7 Å². The Labute approximate surface area is 174 Å². The standard InChI is InChI=1S/C23H26FN3O3/c24-18-6-8-19(9-7-18)30-16-23(29)11-3-13-26(15-12-23)22(28)10-14-27-17-25-20-4-1-2-5-21(20)27/h1-2,4-9,17,29H,3,10-16H2. The number of hydrogen-bond donors (Lipinski definition) is 1. The van der Waals surface area contributed by atoms with Crippen molar-refractivity contribution in [3.63, 3.8) is 0 Å². The van der Waals surface area contributed by atoms with Crippen molar-refractivity contribution < 1.29 is 19.0 Å². The Morgan fingerprint density at radius 1 is 1.13 bits per heavy atom. The van der Waals surface area contributed by atoms with Crippen LogP contribution in [0.25, 0.3) is 11.0 Å². The van der Waals surface area contributed by atoms with Crippen molar-refractivity contribution in [1.29, 1.82) is 0 Å². The van der Waals surface area contributed by atoms with Gasteiger partial charge >= 0.3 is 0 Å². The highest BCUT2D eigenvalue weighted by molar-refractivity contribution is 5.77. The van der Waals surface area contributed by atoms with Gasteiger partial charge in [0.15, 0.2) is 0 Å². The quantitative estimate of drug-likeness (QED) is 0.675. The molecule has 1 aliphatic rings. The number of carbonyl (C=O) groups is 1. The third-order valence-electron chi connectivity index (χ3n) is 5.69. The minimum absolute atomic E-state index is 0.0801. The summed E-state index contributed by atoms with van der Waals surface area (Å²) in [4.78, 5) is 18.9. The van der Waals surface area contributed by atoms with E-state index in [0.29, 0.717) is 51.1 Å². The van der Waals surface area contributed by atoms with Gasteiger partial charge in [0.1, 0.15) is 23.8 Å². The average Bonchev–Trinajstić information content (AvgIpc) is 3.06. The Bertz CT molecular complexity index is 1000. The van der Waals surface area contributed by atoms with E-state index in [9.17, 15) is 14.3 Å². The monoisotopic (exact) mass is 411 g/mol. The zero-order chi connectivity index (χ0) is 21.0. The first-order chi connectivity index (χ1) is 14.5. The van der Waals surface area contributed by atoms with Gasteiger partial charge in [-0.2, -0.15) is 0 Å². The number of halogens is 1. The van der Waals surface area contributed by atoms with Gasteiger partial charge < -0.3 is 19.3 Å². The number of imidazole rings is 1. The van der Waals surface area contributed by atoms with Crippen LogP contribution in [-0.4, -0.2) is 50.8 Å². The van der Waals surface area contributed by atoms with Crippen LogP contribution in [0.4, 0.5) is 4.39 Å². The fourth-order valence-corrected chi connectivity index (χ4v) is 3.88. The lowest BCUT2D eigenvalue weighted by molar-refractivity contribution is -0.131. The zero-order valence-electron chi connectivity index (χ0n) is 16.8. The number of aliphatic hydroxyl groups is 1. The summed E-state index contributed by atoms with van der Waals surface area (Å²) < 4.78 is 20.7. The van der Waals surface area contributed by atoms with Gasteiger partial charge in [0.05, 0.1) is 17.4 Å². The maximum absolute atomic E-state index is 13.0. The van der Waals surface area contributed by atoms with Gasteiger partial charge in [0.2, 0.25) is 5.91 Å². The lowest BCUT2D eigenvalue weighted by Gasteiger charge is -2.27. The summed E-state index contributed by atoms with van der Waals surface area (Å²) in [5.74, 6) is 0.277. The van der Waals surface area contributed by atoms with Gasteiger partial charge in [-0.05, 0) is 55.7 Å². The Morgan fingerprint density at radius 2 is 1.93 bits per heavy atom. The largest absolute Gasteiger partial charge is 0.491 e. The maximum Gasteiger partial charge on any atom is 0.224 e. The third-order valence-corrected chi connectivity index (χ3v) is 5.69. The number of amides is 1. The molecule has 1 atom stereocenters. The van der Waals surface area contributed by atoms with Crippen molar-refractivity contribution in [2.45, 2.75) is 37.8 Å². The van der Waals surface area contributed by atoms with Gasteiger partial charge in [0, 0.05) is 26.1 Å². The highest BCUT2D eigenvalue weighted by Gasteiger charge is 2.32. The summed E-state index contributed by atoms with van der Waals surface area (Å²) in [6, 6.07) is 13.6. The molecule has 0 saturated carbocycles. The Hall–Kier alpha value is -2.93. The molecule has 1 N–H and O–H groups in total. The maximum atomic E-state index is 13.0. The predicted molar refractivity (Wildman–Crippen MR) is 112 cm³/mol. The van der Waals surface area contributed by atoms with Gasteiger partial charge in [-0.25, -0.2) is 9.37 Å². The number of aromatic nitrogens is 2. The molecule has 1 aromatic heterocycles. The molecule has 1 amide bonds. The fourth-order valence-electron chi connectivity index (χ4n) is 3.88. The predicted octanol–water partition coefficient (Wildman–Crippen LogP) is 3.39. The van der Waals surface area contributed by atoms with Crippen LogP contribution in [0.5, 0.6) is 5.75 Å². The van der Waals surface area contributed by atoms with Crippen LogP contribution in [0.2, 0.25) is 0 Å². The number of ether oxygens (including phenoxy) is 1. The van der Waals surface area contributed by atoms with Crippen LogP contribution >= 0.6 is 0 Å². The third kappa shape index (κ3) is 4.79. The fraction of sp³-hybridized carbons (Fsp3) is 0.391. The van der Waals surface area contributed by atoms with Crippen molar-refractivity contribution in [2.24, 2.45) is 0 Å². The van der Waals surface area contributed by atoms with E-state index < -0.39 is 5.60 Å². The summed E-state index contributed by atoms with van der Waals surface area (Å²) in [6.45, 7) is 1.82. The summed E-state index contributed by atoms with van der Waals surface area (Å²) in [5.41, 5.74) is 0.948. The first kappa shape index (κ1) is 20.3. The minimum atomic E-state index is -0.996. The van der Waals surface area contributed by atoms with E-state index in [4.69, 9.17) is 4.74 Å². The number of carbonyl (C=O) groups excluding carboxylic acids is 1. The average molecular weight is 411 g/mol. The number of para-hydroxylation sites is 2. The van der Waals surface area contributed by atoms with Crippen LogP contribution in [0, 0.1) is 5.82 Å². The second-order valence-corrected chi connectivity index (χ2v) is 7.88. The number of aryl methyl sites for hydroxylation is 1. The second kappa shape index (κ2) is 8.83. The van der Waals surface area contributed by atoms with E-state index in [1.165, 1.54) is 12.1 Å². The molecule has 30 heavy (non-hydrogen) atoms. The van der Waals surface area contributed by atoms with Crippen LogP contribution in [0.1, 0.15) is 25.7 Å². The lowest BCUT2D eigenvalue weighted by Crippen LogP contribution is -2.38. The molecule has 158 valence electrons. The van der Waals surface area contributed by atoms with Crippen LogP contribution < -0.4 is 4.74 Å². The lowest BCUT2D eigenvalue weighted by atomic mass is 9.96. The van der Waals surface area contributed by atoms with E-state index in [1.807, 2.05) is 33.7 Å². The van der Waals surface area contributed by atoms with Gasteiger partial charge in [-0.15, -0.1) is 0 Å². The molecule has 1 unspecified atom stereocenters. The number of nitrogens with zero attached hydrogens (tertiary/aromatic N) is 3. The SMILES string of the molecule is O=C(CCn1cnc2ccccc21)N1CCCC(O)(COc2ccc(F)cc2)CC1. The summed E-state index contributed by atoms with van der Waals surface area (Å²) in [5, 5.41) is 10.9. The van der Waals surface area contributed by atoms with Crippen molar-refractivity contribution in [1.82, 2.24) is 14.5 Å². The number of hydrogen-bond acceptors (Lipinski definition) is 4. The number of rotatable bonds is 6. The first-order valence-electron chi connectivity index (χ1n) is 10.3. The zero-order valence-corrected chi connectivity index (χ0v) is 16.8. The van der Waals surface area contributed by atoms with Gasteiger partial charge in [0.25, 0.3) is 0 Å². The topological polar surface area (TPSA) is 67.6 Å². The molecule has 1 saturated heterocycles. The van der Waals surface area contributed by atoms with Crippen LogP contribution in [-0.2, 0) is 11.3 Å². The van der Waals surface area contributed by atoms with Crippen LogP contribution in [0.3, 0.4) is 0 Å². The molecule has 4 rings (SSSR count). The Kier molecular flexibility index (Phi) is 5.99. The van der Waals surface area contributed by atoms with Crippen molar-refractivity contribution in [3.8, 4) is 5.75 Å². The van der Waals surface area contributed by atoms with Crippen molar-refractivity contribution in [2.75, 3.05) is 19.7 Å². The Morgan fingerprint density at radius 3 is 2.77 bits per heavy atom. The molecular weight excluding hydrogens is 385 g/mol. The van der Waals surface area contributed by atoms with E-state index in [-0.39, 0.29) is 18.3 Å². The second-order valence-electron chi connectivity index (χ2n) is 7.88. The molecule has 7 heteroatoms. The number of fused-ring (bicyclic) bond motifs is 1. The summed E-state index contributed by atoms with van der Waals surface area (Å²) in [7, 11) is 0. The van der Waals surface area contributed by atoms with Crippen LogP contribution in [0.15, 0.2) is 54.9 Å². The highest BCUT2D eigenvalue weighted by Crippen LogP contribution is 2.25. The molecule has 1 aliphatic heterocycles. The van der Waals surface area contributed by atoms with Gasteiger partial charge in [-0.1, -0.05) is 12.1 Å². The molecule has 2 heterocycles. The normalized spacial score (nSPS) is 19.6. The molecule has 3 aromatic rings. The Balaban J connectivity index is 1.29. The molecule has 0 spiro atoms. The molecule has 0 bridgehead atoms. The number of benzene rings is 2. The highest BCUT2D eigenvalue weighted by atomic mass is 19.1. The molecule has 0 radical (unpaired) electrons.